The second-order valence-electron chi connectivity index (χ2n) is 5.41. The van der Waals surface area contributed by atoms with Gasteiger partial charge in [-0.2, -0.15) is 10.1 Å². The molecule has 1 amide bonds. The van der Waals surface area contributed by atoms with Crippen LogP contribution in [-0.2, 0) is 10.5 Å². The predicted molar refractivity (Wildman–Crippen MR) is 98.7 cm³/mol. The first-order chi connectivity index (χ1) is 11.3. The van der Waals surface area contributed by atoms with Crippen LogP contribution in [0.3, 0.4) is 0 Å². The van der Waals surface area contributed by atoms with Gasteiger partial charge in [-0.25, -0.2) is 5.01 Å². The molecule has 2 aliphatic heterocycles. The first kappa shape index (κ1) is 14.8. The van der Waals surface area contributed by atoms with Gasteiger partial charge in [-0.05, 0) is 34.5 Å². The Labute approximate surface area is 143 Å². The van der Waals surface area contributed by atoms with Gasteiger partial charge in [0.2, 0.25) is 5.91 Å². The van der Waals surface area contributed by atoms with E-state index >= 15 is 0 Å². The molecule has 0 atom stereocenters. The van der Waals surface area contributed by atoms with E-state index in [9.17, 15) is 4.79 Å². The molecule has 0 aliphatic carbocycles. The lowest BCUT2D eigenvalue weighted by Gasteiger charge is -2.08. The van der Waals surface area contributed by atoms with Crippen molar-refractivity contribution in [1.82, 2.24) is 5.01 Å². The molecule has 0 saturated carbocycles. The molecule has 2 aromatic carbocycles. The number of fused-ring (bicyclic) bond motifs is 2. The lowest BCUT2D eigenvalue weighted by Crippen LogP contribution is -2.18. The summed E-state index contributed by atoms with van der Waals surface area (Å²) in [4.78, 5) is 15.7. The Morgan fingerprint density at radius 1 is 1.17 bits per heavy atom. The van der Waals surface area contributed by atoms with Gasteiger partial charge in [0.15, 0.2) is 9.54 Å². The average Bonchev–Trinajstić information content (AvgIpc) is 2.86. The quantitative estimate of drug-likeness (QED) is 0.826. The monoisotopic (exact) mass is 341 g/mol. The summed E-state index contributed by atoms with van der Waals surface area (Å²) < 4.78 is 0.964. The molecular weight excluding hydrogens is 326 g/mol. The van der Waals surface area contributed by atoms with Crippen molar-refractivity contribution in [3.8, 4) is 0 Å². The fraction of sp³-hybridized carbons (Fsp3) is 0.235. The molecule has 2 heterocycles. The van der Waals surface area contributed by atoms with E-state index < -0.39 is 0 Å². The van der Waals surface area contributed by atoms with Crippen LogP contribution >= 0.6 is 23.5 Å². The summed E-state index contributed by atoms with van der Waals surface area (Å²) in [6.07, 6.45) is 1.34. The minimum atomic E-state index is -0.0366. The maximum Gasteiger partial charge on any atom is 0.248 e. The van der Waals surface area contributed by atoms with E-state index in [-0.39, 0.29) is 5.91 Å². The maximum atomic E-state index is 11.6. The SMILES string of the molecule is O=C1CCCN2N=C(SCc3cccc4ccccc34)SC2=N1. The predicted octanol–water partition coefficient (Wildman–Crippen LogP) is 4.07. The van der Waals surface area contributed by atoms with Crippen molar-refractivity contribution in [1.29, 1.82) is 0 Å². The van der Waals surface area contributed by atoms with E-state index in [2.05, 4.69) is 52.6 Å². The van der Waals surface area contributed by atoms with Crippen LogP contribution < -0.4 is 0 Å². The van der Waals surface area contributed by atoms with Crippen molar-refractivity contribution in [2.24, 2.45) is 10.1 Å². The third kappa shape index (κ3) is 3.14. The van der Waals surface area contributed by atoms with Crippen molar-refractivity contribution < 1.29 is 4.79 Å². The zero-order chi connectivity index (χ0) is 15.6. The largest absolute Gasteiger partial charge is 0.273 e. The number of benzene rings is 2. The van der Waals surface area contributed by atoms with E-state index in [1.807, 2.05) is 5.01 Å². The van der Waals surface area contributed by atoms with E-state index in [0.29, 0.717) is 6.42 Å². The summed E-state index contributed by atoms with van der Waals surface area (Å²) in [6, 6.07) is 14.8. The summed E-state index contributed by atoms with van der Waals surface area (Å²) in [6.45, 7) is 0.774. The van der Waals surface area contributed by atoms with Crippen LogP contribution in [0, 0.1) is 0 Å². The molecule has 0 spiro atoms. The van der Waals surface area contributed by atoms with Gasteiger partial charge >= 0.3 is 0 Å². The van der Waals surface area contributed by atoms with Crippen molar-refractivity contribution in [2.45, 2.75) is 18.6 Å². The summed E-state index contributed by atoms with van der Waals surface area (Å²) in [5.41, 5.74) is 1.30. The van der Waals surface area contributed by atoms with Crippen LogP contribution in [0.15, 0.2) is 52.6 Å². The van der Waals surface area contributed by atoms with Crippen molar-refractivity contribution in [3.05, 3.63) is 48.0 Å². The van der Waals surface area contributed by atoms with E-state index in [1.165, 1.54) is 28.1 Å². The molecule has 0 N–H and O–H groups in total. The number of carbonyl (C=O) groups excluding carboxylic acids is 1. The zero-order valence-electron chi connectivity index (χ0n) is 12.4. The minimum absolute atomic E-state index is 0.0366. The molecule has 0 saturated heterocycles. The van der Waals surface area contributed by atoms with E-state index in [0.717, 1.165) is 28.3 Å². The number of hydrogen-bond acceptors (Lipinski definition) is 5. The molecular formula is C17H15N3OS2. The van der Waals surface area contributed by atoms with Gasteiger partial charge in [-0.3, -0.25) is 4.79 Å². The van der Waals surface area contributed by atoms with Gasteiger partial charge in [0.05, 0.1) is 0 Å². The van der Waals surface area contributed by atoms with Gasteiger partial charge in [-0.15, -0.1) is 0 Å². The third-order valence-electron chi connectivity index (χ3n) is 3.81. The second-order valence-corrected chi connectivity index (χ2v) is 7.59. The van der Waals surface area contributed by atoms with Gasteiger partial charge in [0.25, 0.3) is 0 Å². The normalized spacial score (nSPS) is 17.7. The Hall–Kier alpha value is -1.79. The topological polar surface area (TPSA) is 45.0 Å². The van der Waals surface area contributed by atoms with Crippen LogP contribution in [0.1, 0.15) is 18.4 Å². The molecule has 6 heteroatoms. The number of nitrogens with zero attached hydrogens (tertiary/aromatic N) is 3. The molecule has 0 bridgehead atoms. The number of hydrazone groups is 1. The summed E-state index contributed by atoms with van der Waals surface area (Å²) in [5, 5.41) is 9.73. The molecule has 116 valence electrons. The van der Waals surface area contributed by atoms with Gasteiger partial charge in [0.1, 0.15) is 0 Å². The number of rotatable bonds is 2. The maximum absolute atomic E-state index is 11.6. The molecule has 0 aromatic heterocycles. The van der Waals surface area contributed by atoms with E-state index in [4.69, 9.17) is 0 Å². The Morgan fingerprint density at radius 2 is 2.04 bits per heavy atom. The molecule has 2 aliphatic rings. The zero-order valence-corrected chi connectivity index (χ0v) is 14.1. The minimum Gasteiger partial charge on any atom is -0.273 e. The Balaban J connectivity index is 1.50. The molecule has 4 nitrogen and oxygen atoms in total. The first-order valence-corrected chi connectivity index (χ1v) is 9.35. The smallest absolute Gasteiger partial charge is 0.248 e. The Morgan fingerprint density at radius 3 is 3.00 bits per heavy atom. The van der Waals surface area contributed by atoms with Gasteiger partial charge in [-0.1, -0.05) is 54.2 Å². The average molecular weight is 341 g/mol. The second kappa shape index (κ2) is 6.37. The summed E-state index contributed by atoms with van der Waals surface area (Å²) in [7, 11) is 0. The van der Waals surface area contributed by atoms with Crippen molar-refractivity contribution in [3.63, 3.8) is 0 Å². The first-order valence-electron chi connectivity index (χ1n) is 7.54. The Kier molecular flexibility index (Phi) is 4.10. The fourth-order valence-corrected chi connectivity index (χ4v) is 4.68. The fourth-order valence-electron chi connectivity index (χ4n) is 2.68. The Bertz CT molecular complexity index is 826. The van der Waals surface area contributed by atoms with Crippen LogP contribution in [0.4, 0.5) is 0 Å². The molecule has 23 heavy (non-hydrogen) atoms. The highest BCUT2D eigenvalue weighted by Gasteiger charge is 2.26. The number of amides is 1. The summed E-state index contributed by atoms with van der Waals surface area (Å²) >= 11 is 3.21. The standard InChI is InChI=1S/C17H15N3OS2/c21-15-9-4-10-20-16(18-15)23-17(19-20)22-11-13-7-3-6-12-5-1-2-8-14(12)13/h1-3,5-8H,4,9-11H2. The lowest BCUT2D eigenvalue weighted by molar-refractivity contribution is -0.117. The molecule has 0 fully saturated rings. The molecule has 4 rings (SSSR count). The number of thioether (sulfide) groups is 2. The third-order valence-corrected chi connectivity index (χ3v) is 5.94. The van der Waals surface area contributed by atoms with Gasteiger partial charge < -0.3 is 0 Å². The van der Waals surface area contributed by atoms with Crippen LogP contribution in [0.2, 0.25) is 0 Å². The van der Waals surface area contributed by atoms with Crippen molar-refractivity contribution in [2.75, 3.05) is 6.54 Å². The summed E-state index contributed by atoms with van der Waals surface area (Å²) in [5.74, 6) is 0.827. The van der Waals surface area contributed by atoms with Crippen molar-refractivity contribution >= 4 is 49.7 Å². The highest BCUT2D eigenvalue weighted by molar-refractivity contribution is 8.45. The van der Waals surface area contributed by atoms with Crippen LogP contribution in [0.25, 0.3) is 10.8 Å². The lowest BCUT2D eigenvalue weighted by atomic mass is 10.1. The number of hydrogen-bond donors (Lipinski definition) is 0. The molecule has 2 aromatic rings. The number of amidine groups is 1. The highest BCUT2D eigenvalue weighted by atomic mass is 32.2. The molecule has 0 radical (unpaired) electrons. The van der Waals surface area contributed by atoms with Crippen LogP contribution in [0.5, 0.6) is 0 Å². The van der Waals surface area contributed by atoms with Gasteiger partial charge in [0, 0.05) is 18.7 Å². The highest BCUT2D eigenvalue weighted by Crippen LogP contribution is 2.32. The number of aliphatic imine (C=N–C) groups is 1. The van der Waals surface area contributed by atoms with Crippen LogP contribution in [-0.4, -0.2) is 27.0 Å². The molecule has 0 unspecified atom stereocenters. The number of carbonyl (C=O) groups is 1. The van der Waals surface area contributed by atoms with E-state index in [1.54, 1.807) is 11.8 Å².